The molecule has 1 aliphatic rings. The molecule has 1 aromatic rings. The molecule has 0 bridgehead atoms. The number of hydrogen-bond acceptors (Lipinski definition) is 2. The van der Waals surface area contributed by atoms with Gasteiger partial charge in [0.1, 0.15) is 0 Å². The number of rotatable bonds is 10. The van der Waals surface area contributed by atoms with Gasteiger partial charge in [-0.25, -0.2) is 0 Å². The molecular formula is C19H29Cl2NS. The third-order valence-electron chi connectivity index (χ3n) is 5.02. The van der Waals surface area contributed by atoms with Gasteiger partial charge in [0.15, 0.2) is 0 Å². The minimum atomic E-state index is 0.339. The van der Waals surface area contributed by atoms with Crippen LogP contribution in [0.15, 0.2) is 18.2 Å². The lowest BCUT2D eigenvalue weighted by Crippen LogP contribution is -2.36. The Morgan fingerprint density at radius 2 is 2.00 bits per heavy atom. The van der Waals surface area contributed by atoms with Crippen LogP contribution in [0.3, 0.4) is 0 Å². The van der Waals surface area contributed by atoms with Crippen molar-refractivity contribution in [1.82, 2.24) is 5.32 Å². The Labute approximate surface area is 155 Å². The molecule has 0 aromatic heterocycles. The second-order valence-electron chi connectivity index (χ2n) is 6.81. The highest BCUT2D eigenvalue weighted by atomic mass is 35.5. The van der Waals surface area contributed by atoms with Gasteiger partial charge in [-0.3, -0.25) is 0 Å². The zero-order valence-electron chi connectivity index (χ0n) is 14.3. The fourth-order valence-electron chi connectivity index (χ4n) is 3.57. The van der Waals surface area contributed by atoms with Gasteiger partial charge in [0.05, 0.1) is 10.0 Å². The van der Waals surface area contributed by atoms with Gasteiger partial charge in [0.2, 0.25) is 0 Å². The maximum absolute atomic E-state index is 6.24. The van der Waals surface area contributed by atoms with E-state index in [9.17, 15) is 0 Å². The molecule has 1 unspecified atom stereocenters. The molecule has 1 nitrogen and oxygen atoms in total. The van der Waals surface area contributed by atoms with Crippen LogP contribution in [0, 0.1) is 5.92 Å². The van der Waals surface area contributed by atoms with Gasteiger partial charge in [-0.05, 0) is 67.0 Å². The predicted octanol–water partition coefficient (Wildman–Crippen LogP) is 6.17. The van der Waals surface area contributed by atoms with E-state index < -0.39 is 0 Å². The molecule has 1 N–H and O–H groups in total. The highest BCUT2D eigenvalue weighted by molar-refractivity contribution is 7.99. The van der Waals surface area contributed by atoms with Crippen LogP contribution < -0.4 is 5.32 Å². The summed E-state index contributed by atoms with van der Waals surface area (Å²) >= 11 is 14.3. The van der Waals surface area contributed by atoms with Crippen LogP contribution >= 0.6 is 35.0 Å². The highest BCUT2D eigenvalue weighted by Gasteiger charge is 2.39. The van der Waals surface area contributed by atoms with Gasteiger partial charge in [-0.1, -0.05) is 49.5 Å². The van der Waals surface area contributed by atoms with Crippen LogP contribution in [0.4, 0.5) is 0 Å². The van der Waals surface area contributed by atoms with Crippen molar-refractivity contribution in [2.45, 2.75) is 51.4 Å². The molecule has 1 saturated carbocycles. The van der Waals surface area contributed by atoms with Crippen molar-refractivity contribution in [2.24, 2.45) is 5.92 Å². The van der Waals surface area contributed by atoms with Gasteiger partial charge in [-0.15, -0.1) is 0 Å². The van der Waals surface area contributed by atoms with Crippen LogP contribution in [0.25, 0.3) is 0 Å². The monoisotopic (exact) mass is 373 g/mol. The molecule has 0 amide bonds. The molecule has 130 valence electrons. The minimum absolute atomic E-state index is 0.339. The number of nitrogens with one attached hydrogen (secondary N) is 1. The third kappa shape index (κ3) is 5.56. The average molecular weight is 374 g/mol. The standard InChI is InChI=1S/C19H29Cl2NS/c1-3-23-12-11-22-10-7-15(2)14-19(8-4-9-19)16-5-6-17(20)18(21)13-16/h5-6,13,15,22H,3-4,7-12,14H2,1-2H3. The fourth-order valence-corrected chi connectivity index (χ4v) is 4.45. The molecule has 2 rings (SSSR count). The molecule has 1 fully saturated rings. The maximum Gasteiger partial charge on any atom is 0.0595 e. The molecule has 0 heterocycles. The molecule has 1 aliphatic carbocycles. The van der Waals surface area contributed by atoms with E-state index in [-0.39, 0.29) is 0 Å². The van der Waals surface area contributed by atoms with Crippen molar-refractivity contribution in [1.29, 1.82) is 0 Å². The summed E-state index contributed by atoms with van der Waals surface area (Å²) in [6.07, 6.45) is 6.42. The van der Waals surface area contributed by atoms with E-state index in [1.54, 1.807) is 0 Å². The lowest BCUT2D eigenvalue weighted by Gasteiger charge is -2.44. The Balaban J connectivity index is 1.82. The fraction of sp³-hybridized carbons (Fsp3) is 0.684. The van der Waals surface area contributed by atoms with E-state index in [0.29, 0.717) is 15.5 Å². The summed E-state index contributed by atoms with van der Waals surface area (Å²) in [5, 5.41) is 4.92. The van der Waals surface area contributed by atoms with E-state index in [2.05, 4.69) is 31.3 Å². The van der Waals surface area contributed by atoms with Crippen molar-refractivity contribution in [3.05, 3.63) is 33.8 Å². The van der Waals surface area contributed by atoms with Crippen LogP contribution in [-0.4, -0.2) is 24.6 Å². The van der Waals surface area contributed by atoms with Crippen LogP contribution in [0.5, 0.6) is 0 Å². The minimum Gasteiger partial charge on any atom is -0.316 e. The first-order chi connectivity index (χ1) is 11.1. The largest absolute Gasteiger partial charge is 0.316 e. The molecule has 1 atom stereocenters. The lowest BCUT2D eigenvalue weighted by molar-refractivity contribution is 0.190. The third-order valence-corrected chi connectivity index (χ3v) is 6.66. The number of thioether (sulfide) groups is 1. The van der Waals surface area contributed by atoms with Gasteiger partial charge in [0.25, 0.3) is 0 Å². The number of halogens is 2. The predicted molar refractivity (Wildman–Crippen MR) is 106 cm³/mol. The molecule has 1 aromatic carbocycles. The second kappa shape index (κ2) is 9.56. The second-order valence-corrected chi connectivity index (χ2v) is 9.02. The highest BCUT2D eigenvalue weighted by Crippen LogP contribution is 2.49. The lowest BCUT2D eigenvalue weighted by atomic mass is 9.60. The Morgan fingerprint density at radius 1 is 1.22 bits per heavy atom. The summed E-state index contributed by atoms with van der Waals surface area (Å²) in [5.41, 5.74) is 1.73. The summed E-state index contributed by atoms with van der Waals surface area (Å²) in [6.45, 7) is 6.86. The maximum atomic E-state index is 6.24. The van der Waals surface area contributed by atoms with E-state index in [0.717, 1.165) is 19.0 Å². The molecule has 0 spiro atoms. The van der Waals surface area contributed by atoms with Gasteiger partial charge in [0, 0.05) is 12.3 Å². The Morgan fingerprint density at radius 3 is 2.61 bits per heavy atom. The van der Waals surface area contributed by atoms with Crippen LogP contribution in [-0.2, 0) is 5.41 Å². The van der Waals surface area contributed by atoms with Crippen molar-refractivity contribution in [3.8, 4) is 0 Å². The first kappa shape index (κ1) is 19.4. The summed E-state index contributed by atoms with van der Waals surface area (Å²) in [6, 6.07) is 6.23. The normalized spacial score (nSPS) is 17.7. The molecule has 0 aliphatic heterocycles. The van der Waals surface area contributed by atoms with Crippen molar-refractivity contribution >= 4 is 35.0 Å². The van der Waals surface area contributed by atoms with E-state index in [1.165, 1.54) is 49.2 Å². The van der Waals surface area contributed by atoms with E-state index >= 15 is 0 Å². The Hall–Kier alpha value is 0.110. The van der Waals surface area contributed by atoms with Gasteiger partial charge < -0.3 is 5.32 Å². The molecule has 0 radical (unpaired) electrons. The summed E-state index contributed by atoms with van der Waals surface area (Å²) < 4.78 is 0. The quantitative estimate of drug-likeness (QED) is 0.491. The van der Waals surface area contributed by atoms with E-state index in [1.807, 2.05) is 17.8 Å². The van der Waals surface area contributed by atoms with E-state index in [4.69, 9.17) is 23.2 Å². The van der Waals surface area contributed by atoms with Crippen LogP contribution in [0.1, 0.15) is 51.5 Å². The Bertz CT molecular complexity index is 488. The molecular weight excluding hydrogens is 345 g/mol. The Kier molecular flexibility index (Phi) is 8.07. The van der Waals surface area contributed by atoms with Crippen molar-refractivity contribution < 1.29 is 0 Å². The first-order valence-electron chi connectivity index (χ1n) is 8.81. The van der Waals surface area contributed by atoms with Gasteiger partial charge in [-0.2, -0.15) is 11.8 Å². The zero-order valence-corrected chi connectivity index (χ0v) is 16.7. The van der Waals surface area contributed by atoms with Gasteiger partial charge >= 0.3 is 0 Å². The molecule has 0 saturated heterocycles. The first-order valence-corrected chi connectivity index (χ1v) is 10.7. The summed E-state index contributed by atoms with van der Waals surface area (Å²) in [4.78, 5) is 0. The number of hydrogen-bond donors (Lipinski definition) is 1. The smallest absolute Gasteiger partial charge is 0.0595 e. The SMILES string of the molecule is CCSCCNCCC(C)CC1(c2ccc(Cl)c(Cl)c2)CCC1. The van der Waals surface area contributed by atoms with Crippen molar-refractivity contribution in [2.75, 3.05) is 24.6 Å². The summed E-state index contributed by atoms with van der Waals surface area (Å²) in [5.74, 6) is 3.17. The molecule has 4 heteroatoms. The zero-order chi connectivity index (χ0) is 16.7. The number of benzene rings is 1. The average Bonchev–Trinajstić information content (AvgIpc) is 2.49. The topological polar surface area (TPSA) is 12.0 Å². The van der Waals surface area contributed by atoms with Crippen molar-refractivity contribution in [3.63, 3.8) is 0 Å². The summed E-state index contributed by atoms with van der Waals surface area (Å²) in [7, 11) is 0. The molecule has 23 heavy (non-hydrogen) atoms. The van der Waals surface area contributed by atoms with Crippen LogP contribution in [0.2, 0.25) is 10.0 Å².